The van der Waals surface area contributed by atoms with E-state index >= 15 is 0 Å². The summed E-state index contributed by atoms with van der Waals surface area (Å²) >= 11 is 0. The Balaban J connectivity index is 1.26. The standard InChI is InChI=1S/C51H35N/c1-3-21-39(22-4-1)51(40-23-5-2-6-24-40)48-30-12-11-28-46(48)47-33-32-42(35-49(47)51)52(50-31-15-19-37-17-8-10-27-45(37)50)41-25-13-20-38(34-41)44-29-14-18-36-16-7-9-26-43(36)44/h1-35H. The molecule has 0 saturated carbocycles. The SMILES string of the molecule is c1ccc(C2(c3ccccc3)c3ccccc3-c3ccc(N(c4cccc(-c5cccc6ccccc56)c4)c4cccc5ccccc45)cc32)cc1. The van der Waals surface area contributed by atoms with E-state index in [0.717, 1.165) is 17.1 Å². The van der Waals surface area contributed by atoms with E-state index < -0.39 is 5.41 Å². The summed E-state index contributed by atoms with van der Waals surface area (Å²) in [6.07, 6.45) is 0. The molecule has 1 aliphatic carbocycles. The first-order valence-corrected chi connectivity index (χ1v) is 18.0. The maximum Gasteiger partial charge on any atom is 0.0714 e. The van der Waals surface area contributed by atoms with Crippen molar-refractivity contribution in [2.45, 2.75) is 5.41 Å². The lowest BCUT2D eigenvalue weighted by atomic mass is 9.67. The molecular weight excluding hydrogens is 627 g/mol. The number of hydrogen-bond donors (Lipinski definition) is 0. The van der Waals surface area contributed by atoms with Gasteiger partial charge in [0, 0.05) is 16.8 Å². The number of anilines is 3. The molecule has 1 heteroatoms. The van der Waals surface area contributed by atoms with E-state index in [2.05, 4.69) is 217 Å². The van der Waals surface area contributed by atoms with E-state index in [1.54, 1.807) is 0 Å². The third-order valence-electron chi connectivity index (χ3n) is 10.9. The highest BCUT2D eigenvalue weighted by Crippen LogP contribution is 2.57. The van der Waals surface area contributed by atoms with Crippen molar-refractivity contribution in [3.05, 3.63) is 235 Å². The second-order valence-corrected chi connectivity index (χ2v) is 13.7. The third-order valence-corrected chi connectivity index (χ3v) is 10.9. The van der Waals surface area contributed by atoms with E-state index in [9.17, 15) is 0 Å². The Bertz CT molecular complexity index is 2690. The van der Waals surface area contributed by atoms with Gasteiger partial charge in [-0.25, -0.2) is 0 Å². The lowest BCUT2D eigenvalue weighted by Gasteiger charge is -2.35. The topological polar surface area (TPSA) is 3.24 Å². The number of hydrogen-bond acceptors (Lipinski definition) is 1. The molecule has 9 aromatic carbocycles. The molecule has 0 heterocycles. The van der Waals surface area contributed by atoms with Crippen molar-refractivity contribution in [1.29, 1.82) is 0 Å². The van der Waals surface area contributed by atoms with E-state index in [-0.39, 0.29) is 0 Å². The fourth-order valence-corrected chi connectivity index (χ4v) is 8.69. The van der Waals surface area contributed by atoms with Gasteiger partial charge < -0.3 is 4.90 Å². The van der Waals surface area contributed by atoms with Gasteiger partial charge in [0.25, 0.3) is 0 Å². The van der Waals surface area contributed by atoms with Gasteiger partial charge in [-0.05, 0) is 91.0 Å². The lowest BCUT2D eigenvalue weighted by molar-refractivity contribution is 0.768. The average Bonchev–Trinajstić information content (AvgIpc) is 3.52. The zero-order valence-corrected chi connectivity index (χ0v) is 28.7. The van der Waals surface area contributed by atoms with Gasteiger partial charge in [-0.1, -0.05) is 182 Å². The molecule has 0 N–H and O–H groups in total. The minimum absolute atomic E-state index is 0.486. The molecular formula is C51H35N. The van der Waals surface area contributed by atoms with Crippen LogP contribution in [0.1, 0.15) is 22.3 Å². The van der Waals surface area contributed by atoms with Crippen molar-refractivity contribution >= 4 is 38.6 Å². The number of benzene rings is 9. The van der Waals surface area contributed by atoms with E-state index in [4.69, 9.17) is 0 Å². The van der Waals surface area contributed by atoms with Gasteiger partial charge in [0.15, 0.2) is 0 Å². The highest BCUT2D eigenvalue weighted by Gasteiger charge is 2.46. The molecule has 0 aliphatic heterocycles. The van der Waals surface area contributed by atoms with Crippen LogP contribution in [0.3, 0.4) is 0 Å². The quantitative estimate of drug-likeness (QED) is 0.171. The summed E-state index contributed by atoms with van der Waals surface area (Å²) in [7, 11) is 0. The summed E-state index contributed by atoms with van der Waals surface area (Å²) in [5.74, 6) is 0. The van der Waals surface area contributed by atoms with Crippen LogP contribution in [0, 0.1) is 0 Å². The molecule has 10 rings (SSSR count). The average molecular weight is 662 g/mol. The summed E-state index contributed by atoms with van der Waals surface area (Å²) in [6, 6.07) is 77.9. The van der Waals surface area contributed by atoms with Gasteiger partial charge in [0.05, 0.1) is 11.1 Å². The van der Waals surface area contributed by atoms with Gasteiger partial charge in [-0.3, -0.25) is 0 Å². The lowest BCUT2D eigenvalue weighted by Crippen LogP contribution is -2.28. The molecule has 0 unspecified atom stereocenters. The van der Waals surface area contributed by atoms with Crippen LogP contribution >= 0.6 is 0 Å². The molecule has 1 nitrogen and oxygen atoms in total. The highest BCUT2D eigenvalue weighted by atomic mass is 15.1. The maximum absolute atomic E-state index is 2.46. The van der Waals surface area contributed by atoms with Gasteiger partial charge in [0.2, 0.25) is 0 Å². The second-order valence-electron chi connectivity index (χ2n) is 13.7. The minimum atomic E-state index is -0.486. The Kier molecular flexibility index (Phi) is 7.11. The van der Waals surface area contributed by atoms with Crippen molar-refractivity contribution in [1.82, 2.24) is 0 Å². The van der Waals surface area contributed by atoms with Gasteiger partial charge in [-0.2, -0.15) is 0 Å². The van der Waals surface area contributed by atoms with E-state index in [0.29, 0.717) is 0 Å². The number of rotatable bonds is 6. The number of nitrogens with zero attached hydrogens (tertiary/aromatic N) is 1. The Morgan fingerprint density at radius 2 is 0.865 bits per heavy atom. The predicted octanol–water partition coefficient (Wildman–Crippen LogP) is 13.5. The van der Waals surface area contributed by atoms with Crippen LogP contribution in [-0.4, -0.2) is 0 Å². The second kappa shape index (κ2) is 12.3. The predicted molar refractivity (Wildman–Crippen MR) is 219 cm³/mol. The van der Waals surface area contributed by atoms with Crippen molar-refractivity contribution < 1.29 is 0 Å². The molecule has 0 fully saturated rings. The summed E-state index contributed by atoms with van der Waals surface area (Å²) in [5.41, 5.74) is 13.0. The fourth-order valence-electron chi connectivity index (χ4n) is 8.69. The van der Waals surface area contributed by atoms with Crippen LogP contribution in [0.15, 0.2) is 212 Å². The van der Waals surface area contributed by atoms with Gasteiger partial charge in [0.1, 0.15) is 0 Å². The summed E-state index contributed by atoms with van der Waals surface area (Å²) in [4.78, 5) is 2.46. The fraction of sp³-hybridized carbons (Fsp3) is 0.0196. The van der Waals surface area contributed by atoms with E-state index in [1.807, 2.05) is 0 Å². The molecule has 52 heavy (non-hydrogen) atoms. The smallest absolute Gasteiger partial charge is 0.0714 e. The first-order chi connectivity index (χ1) is 25.8. The van der Waals surface area contributed by atoms with Crippen LogP contribution in [0.4, 0.5) is 17.1 Å². The van der Waals surface area contributed by atoms with Crippen molar-refractivity contribution in [3.63, 3.8) is 0 Å². The zero-order chi connectivity index (χ0) is 34.5. The van der Waals surface area contributed by atoms with Crippen molar-refractivity contribution in [3.8, 4) is 22.3 Å². The Morgan fingerprint density at radius 1 is 0.327 bits per heavy atom. The van der Waals surface area contributed by atoms with Gasteiger partial charge in [-0.15, -0.1) is 0 Å². The van der Waals surface area contributed by atoms with Crippen molar-refractivity contribution in [2.24, 2.45) is 0 Å². The zero-order valence-electron chi connectivity index (χ0n) is 28.7. The Morgan fingerprint density at radius 3 is 1.63 bits per heavy atom. The Hall–Kier alpha value is -6.70. The minimum Gasteiger partial charge on any atom is -0.310 e. The number of fused-ring (bicyclic) bond motifs is 5. The van der Waals surface area contributed by atoms with Crippen LogP contribution in [-0.2, 0) is 5.41 Å². The largest absolute Gasteiger partial charge is 0.310 e. The molecule has 0 amide bonds. The first-order valence-electron chi connectivity index (χ1n) is 18.0. The maximum atomic E-state index is 2.46. The molecule has 0 bridgehead atoms. The highest BCUT2D eigenvalue weighted by molar-refractivity contribution is 6.01. The molecule has 0 aromatic heterocycles. The molecule has 0 saturated heterocycles. The van der Waals surface area contributed by atoms with Crippen molar-refractivity contribution in [2.75, 3.05) is 4.90 Å². The first kappa shape index (κ1) is 30.2. The van der Waals surface area contributed by atoms with E-state index in [1.165, 1.54) is 66.1 Å². The molecule has 0 spiro atoms. The molecule has 1 aliphatic rings. The Labute approximate surface area is 304 Å². The molecule has 0 radical (unpaired) electrons. The third kappa shape index (κ3) is 4.63. The summed E-state index contributed by atoms with van der Waals surface area (Å²) < 4.78 is 0. The molecule has 244 valence electrons. The normalized spacial score (nSPS) is 12.8. The van der Waals surface area contributed by atoms with Gasteiger partial charge >= 0.3 is 0 Å². The molecule has 0 atom stereocenters. The van der Waals surface area contributed by atoms with Crippen LogP contribution in [0.2, 0.25) is 0 Å². The molecule has 9 aromatic rings. The van der Waals surface area contributed by atoms with Crippen LogP contribution < -0.4 is 4.90 Å². The monoisotopic (exact) mass is 661 g/mol. The summed E-state index contributed by atoms with van der Waals surface area (Å²) in [6.45, 7) is 0. The summed E-state index contributed by atoms with van der Waals surface area (Å²) in [5, 5.41) is 4.92. The van der Waals surface area contributed by atoms with Crippen LogP contribution in [0.25, 0.3) is 43.8 Å². The van der Waals surface area contributed by atoms with Crippen LogP contribution in [0.5, 0.6) is 0 Å².